The lowest BCUT2D eigenvalue weighted by Gasteiger charge is -2.11. The van der Waals surface area contributed by atoms with E-state index >= 15 is 0 Å². The molecule has 0 aliphatic heterocycles. The molecule has 0 saturated heterocycles. The average molecular weight is 337 g/mol. The van der Waals surface area contributed by atoms with E-state index < -0.39 is 16.1 Å². The molecule has 0 amide bonds. The maximum atomic E-state index is 10.7. The van der Waals surface area contributed by atoms with Crippen LogP contribution in [0, 0.1) is 10.1 Å². The Labute approximate surface area is 135 Å². The van der Waals surface area contributed by atoms with Crippen LogP contribution in [0.25, 0.3) is 0 Å². The molecule has 9 nitrogen and oxygen atoms in total. The standard InChI is InChI=1S/C13H14N4O5S/c1-8(12(18)19)23-13-15-14-11(16(13)2)7-22-10-5-3-9(4-6-10)17(20)21/h3-6,8H,7H2,1-2H3,(H,18,19)/p-1/t8-/m0/s1. The Kier molecular flexibility index (Phi) is 5.16. The van der Waals surface area contributed by atoms with E-state index in [1.807, 2.05) is 0 Å². The van der Waals surface area contributed by atoms with Crippen molar-refractivity contribution in [2.45, 2.75) is 23.9 Å². The first-order valence-corrected chi connectivity index (χ1v) is 7.39. The Morgan fingerprint density at radius 3 is 2.61 bits per heavy atom. The second-order valence-corrected chi connectivity index (χ2v) is 5.88. The highest BCUT2D eigenvalue weighted by Crippen LogP contribution is 2.22. The molecule has 0 aliphatic rings. The molecule has 10 heteroatoms. The van der Waals surface area contributed by atoms with Crippen LogP contribution in [0.1, 0.15) is 12.7 Å². The van der Waals surface area contributed by atoms with E-state index in [1.165, 1.54) is 31.2 Å². The number of non-ortho nitro benzene ring substituents is 1. The van der Waals surface area contributed by atoms with Crippen LogP contribution in [0.5, 0.6) is 5.75 Å². The summed E-state index contributed by atoms with van der Waals surface area (Å²) in [6, 6.07) is 5.66. The molecule has 122 valence electrons. The first-order chi connectivity index (χ1) is 10.9. The molecule has 1 aromatic heterocycles. The van der Waals surface area contributed by atoms with Gasteiger partial charge in [0.25, 0.3) is 5.69 Å². The third-order valence-corrected chi connectivity index (χ3v) is 4.07. The van der Waals surface area contributed by atoms with Crippen LogP contribution in [-0.2, 0) is 18.4 Å². The van der Waals surface area contributed by atoms with Crippen LogP contribution in [-0.4, -0.2) is 30.9 Å². The SMILES string of the molecule is C[C@H](Sc1nnc(COc2ccc([N+](=O)[O-])cc2)n1C)C(=O)[O-]. The summed E-state index contributed by atoms with van der Waals surface area (Å²) in [4.78, 5) is 20.8. The maximum Gasteiger partial charge on any atom is 0.269 e. The van der Waals surface area contributed by atoms with E-state index in [2.05, 4.69) is 10.2 Å². The van der Waals surface area contributed by atoms with Crippen LogP contribution < -0.4 is 9.84 Å². The summed E-state index contributed by atoms with van der Waals surface area (Å²) in [5.74, 6) is -0.228. The van der Waals surface area contributed by atoms with Gasteiger partial charge in [0.2, 0.25) is 0 Å². The van der Waals surface area contributed by atoms with Gasteiger partial charge in [-0.3, -0.25) is 10.1 Å². The highest BCUT2D eigenvalue weighted by Gasteiger charge is 2.14. The average Bonchev–Trinajstić information content (AvgIpc) is 2.86. The van der Waals surface area contributed by atoms with Gasteiger partial charge in [0.05, 0.1) is 10.9 Å². The number of nitro benzene ring substituents is 1. The summed E-state index contributed by atoms with van der Waals surface area (Å²) in [5.41, 5.74) is -0.0223. The third-order valence-electron chi connectivity index (χ3n) is 2.95. The maximum absolute atomic E-state index is 10.7. The number of rotatable bonds is 7. The molecule has 0 aliphatic carbocycles. The van der Waals surface area contributed by atoms with E-state index in [4.69, 9.17) is 4.74 Å². The largest absolute Gasteiger partial charge is 0.549 e. The quantitative estimate of drug-likeness (QED) is 0.407. The molecule has 1 heterocycles. The Bertz CT molecular complexity index is 716. The van der Waals surface area contributed by atoms with Gasteiger partial charge in [-0.25, -0.2) is 0 Å². The van der Waals surface area contributed by atoms with Gasteiger partial charge < -0.3 is 19.2 Å². The first kappa shape index (κ1) is 16.7. The molecular weight excluding hydrogens is 324 g/mol. The molecule has 0 radical (unpaired) electrons. The number of carbonyl (C=O) groups excluding carboxylic acids is 1. The number of carboxylic acids is 1. The third kappa shape index (κ3) is 4.19. The summed E-state index contributed by atoms with van der Waals surface area (Å²) in [6.07, 6.45) is 0. The van der Waals surface area contributed by atoms with Crippen molar-refractivity contribution in [2.24, 2.45) is 7.05 Å². The van der Waals surface area contributed by atoms with Gasteiger partial charge in [0, 0.05) is 24.4 Å². The molecule has 2 aromatic rings. The number of benzene rings is 1. The lowest BCUT2D eigenvalue weighted by molar-refractivity contribution is -0.384. The first-order valence-electron chi connectivity index (χ1n) is 6.51. The predicted molar refractivity (Wildman–Crippen MR) is 78.8 cm³/mol. The zero-order valence-corrected chi connectivity index (χ0v) is 13.1. The highest BCUT2D eigenvalue weighted by atomic mass is 32.2. The number of carboxylic acid groups (broad SMARTS) is 1. The van der Waals surface area contributed by atoms with E-state index in [1.54, 1.807) is 11.6 Å². The Balaban J connectivity index is 1.99. The van der Waals surface area contributed by atoms with Crippen molar-refractivity contribution in [2.75, 3.05) is 0 Å². The van der Waals surface area contributed by atoms with Crippen molar-refractivity contribution >= 4 is 23.4 Å². The minimum atomic E-state index is -1.18. The van der Waals surface area contributed by atoms with Crippen molar-refractivity contribution in [1.29, 1.82) is 0 Å². The molecule has 0 spiro atoms. The molecule has 1 aromatic carbocycles. The molecule has 0 unspecified atom stereocenters. The number of ether oxygens (including phenoxy) is 1. The molecule has 23 heavy (non-hydrogen) atoms. The summed E-state index contributed by atoms with van der Waals surface area (Å²) in [7, 11) is 1.69. The minimum Gasteiger partial charge on any atom is -0.549 e. The number of hydrogen-bond donors (Lipinski definition) is 0. The number of aliphatic carboxylic acids is 1. The number of thioether (sulfide) groups is 1. The Morgan fingerprint density at radius 1 is 1.39 bits per heavy atom. The van der Waals surface area contributed by atoms with Crippen molar-refractivity contribution < 1.29 is 19.6 Å². The van der Waals surface area contributed by atoms with E-state index in [0.29, 0.717) is 16.7 Å². The Hall–Kier alpha value is -2.62. The molecule has 0 saturated carbocycles. The van der Waals surface area contributed by atoms with Crippen molar-refractivity contribution in [3.05, 3.63) is 40.2 Å². The van der Waals surface area contributed by atoms with Gasteiger partial charge in [0.1, 0.15) is 12.4 Å². The zero-order valence-electron chi connectivity index (χ0n) is 12.3. The van der Waals surface area contributed by atoms with Gasteiger partial charge in [-0.2, -0.15) is 0 Å². The number of hydrogen-bond acceptors (Lipinski definition) is 8. The molecule has 1 atom stereocenters. The topological polar surface area (TPSA) is 123 Å². The van der Waals surface area contributed by atoms with Crippen LogP contribution in [0.3, 0.4) is 0 Å². The van der Waals surface area contributed by atoms with Gasteiger partial charge in [0.15, 0.2) is 11.0 Å². The second kappa shape index (κ2) is 7.09. The molecule has 0 bridgehead atoms. The molecule has 0 N–H and O–H groups in total. The highest BCUT2D eigenvalue weighted by molar-refractivity contribution is 8.00. The zero-order chi connectivity index (χ0) is 17.0. The number of carbonyl (C=O) groups is 1. The van der Waals surface area contributed by atoms with E-state index in [0.717, 1.165) is 11.8 Å². The summed E-state index contributed by atoms with van der Waals surface area (Å²) < 4.78 is 7.11. The fraction of sp³-hybridized carbons (Fsp3) is 0.308. The summed E-state index contributed by atoms with van der Waals surface area (Å²) in [6.45, 7) is 1.60. The summed E-state index contributed by atoms with van der Waals surface area (Å²) >= 11 is 1.02. The lowest BCUT2D eigenvalue weighted by Crippen LogP contribution is -2.31. The van der Waals surface area contributed by atoms with Gasteiger partial charge in [-0.15, -0.1) is 10.2 Å². The van der Waals surface area contributed by atoms with Crippen LogP contribution >= 0.6 is 11.8 Å². The number of nitro groups is 1. The van der Waals surface area contributed by atoms with E-state index in [-0.39, 0.29) is 12.3 Å². The monoisotopic (exact) mass is 337 g/mol. The van der Waals surface area contributed by atoms with Crippen molar-refractivity contribution in [3.63, 3.8) is 0 Å². The van der Waals surface area contributed by atoms with Gasteiger partial charge in [-0.05, 0) is 19.1 Å². The summed E-state index contributed by atoms with van der Waals surface area (Å²) in [5, 5.41) is 28.8. The van der Waals surface area contributed by atoms with E-state index in [9.17, 15) is 20.0 Å². The van der Waals surface area contributed by atoms with Gasteiger partial charge in [-0.1, -0.05) is 11.8 Å². The normalized spacial score (nSPS) is 11.9. The van der Waals surface area contributed by atoms with Crippen LogP contribution in [0.15, 0.2) is 29.4 Å². The second-order valence-electron chi connectivity index (χ2n) is 4.58. The lowest BCUT2D eigenvalue weighted by atomic mass is 10.3. The van der Waals surface area contributed by atoms with Crippen molar-refractivity contribution in [1.82, 2.24) is 14.8 Å². The smallest absolute Gasteiger partial charge is 0.269 e. The van der Waals surface area contributed by atoms with Gasteiger partial charge >= 0.3 is 0 Å². The minimum absolute atomic E-state index is 0.0223. The predicted octanol–water partition coefficient (Wildman–Crippen LogP) is 0.533. The fourth-order valence-electron chi connectivity index (χ4n) is 1.59. The molecule has 2 rings (SSSR count). The van der Waals surface area contributed by atoms with Crippen molar-refractivity contribution in [3.8, 4) is 5.75 Å². The number of aromatic nitrogens is 3. The number of nitrogens with zero attached hydrogens (tertiary/aromatic N) is 4. The van der Waals surface area contributed by atoms with Crippen LogP contribution in [0.2, 0.25) is 0 Å². The molecule has 0 fully saturated rings. The Morgan fingerprint density at radius 2 is 2.04 bits per heavy atom. The fourth-order valence-corrected chi connectivity index (χ4v) is 2.36. The van der Waals surface area contributed by atoms with Crippen LogP contribution in [0.4, 0.5) is 5.69 Å². The molecular formula is C13H13N4O5S-.